The van der Waals surface area contributed by atoms with Gasteiger partial charge in [0.2, 0.25) is 0 Å². The molecule has 7 heteroatoms. The molecule has 0 unspecified atom stereocenters. The van der Waals surface area contributed by atoms with E-state index >= 15 is 0 Å². The molecule has 0 spiro atoms. The predicted molar refractivity (Wildman–Crippen MR) is 79.4 cm³/mol. The van der Waals surface area contributed by atoms with Crippen LogP contribution in [0.15, 0.2) is 24.3 Å². The van der Waals surface area contributed by atoms with Gasteiger partial charge in [0.1, 0.15) is 11.5 Å². The molecule has 23 heavy (non-hydrogen) atoms. The van der Waals surface area contributed by atoms with Crippen molar-refractivity contribution in [1.29, 1.82) is 0 Å². The van der Waals surface area contributed by atoms with Crippen LogP contribution in [0.4, 0.5) is 0 Å². The van der Waals surface area contributed by atoms with E-state index < -0.39 is 51.6 Å². The number of benzene rings is 2. The highest BCUT2D eigenvalue weighted by molar-refractivity contribution is 6.37. The molecule has 0 atom stereocenters. The molecule has 1 aliphatic carbocycles. The Morgan fingerprint density at radius 1 is 0.957 bits per heavy atom. The molecule has 6 nitrogen and oxygen atoms in total. The summed E-state index contributed by atoms with van der Waals surface area (Å²) in [7, 11) is 0. The number of carboxylic acids is 1. The van der Waals surface area contributed by atoms with Crippen LogP contribution in [-0.2, 0) is 11.2 Å². The highest BCUT2D eigenvalue weighted by Crippen LogP contribution is 2.45. The standard InChI is InChI=1S/C16H9ClO6/c17-12-8(5-9(18)19)15(22)10-11(16(12)23)14(21)7-4-2-1-3-6(7)13(10)20/h1-4,22-23H,5H2,(H,18,19). The zero-order valence-electron chi connectivity index (χ0n) is 11.5. The average molecular weight is 333 g/mol. The number of rotatable bonds is 2. The van der Waals surface area contributed by atoms with E-state index in [1.165, 1.54) is 12.1 Å². The van der Waals surface area contributed by atoms with Gasteiger partial charge in [-0.25, -0.2) is 0 Å². The monoisotopic (exact) mass is 332 g/mol. The van der Waals surface area contributed by atoms with Crippen molar-refractivity contribution >= 4 is 29.1 Å². The Balaban J connectivity index is 2.37. The maximum Gasteiger partial charge on any atom is 0.308 e. The first-order chi connectivity index (χ1) is 10.8. The second kappa shape index (κ2) is 5.10. The van der Waals surface area contributed by atoms with Gasteiger partial charge in [0.05, 0.1) is 22.6 Å². The number of carboxylic acid groups (broad SMARTS) is 1. The Kier molecular flexibility index (Phi) is 3.34. The van der Waals surface area contributed by atoms with E-state index in [-0.39, 0.29) is 16.7 Å². The molecule has 0 aliphatic heterocycles. The number of halogens is 1. The van der Waals surface area contributed by atoms with Crippen LogP contribution < -0.4 is 0 Å². The minimum absolute atomic E-state index is 0.0725. The Bertz CT molecular complexity index is 900. The molecule has 0 amide bonds. The van der Waals surface area contributed by atoms with Gasteiger partial charge in [-0.15, -0.1) is 0 Å². The number of aliphatic carboxylic acids is 1. The first kappa shape index (κ1) is 15.1. The van der Waals surface area contributed by atoms with Crippen LogP contribution in [0, 0.1) is 0 Å². The molecule has 0 aromatic heterocycles. The fraction of sp³-hybridized carbons (Fsp3) is 0.0625. The Morgan fingerprint density at radius 2 is 1.43 bits per heavy atom. The second-order valence-electron chi connectivity index (χ2n) is 5.01. The molecule has 1 aliphatic rings. The Hall–Kier alpha value is -2.86. The lowest BCUT2D eigenvalue weighted by atomic mass is 9.81. The van der Waals surface area contributed by atoms with Gasteiger partial charge < -0.3 is 15.3 Å². The van der Waals surface area contributed by atoms with Crippen LogP contribution in [0.1, 0.15) is 37.4 Å². The van der Waals surface area contributed by atoms with Crippen LogP contribution in [0.5, 0.6) is 11.5 Å². The summed E-state index contributed by atoms with van der Waals surface area (Å²) >= 11 is 5.88. The summed E-state index contributed by atoms with van der Waals surface area (Å²) < 4.78 is 0. The van der Waals surface area contributed by atoms with E-state index in [2.05, 4.69) is 0 Å². The summed E-state index contributed by atoms with van der Waals surface area (Å²) in [6.07, 6.45) is -0.700. The van der Waals surface area contributed by atoms with Crippen LogP contribution in [0.3, 0.4) is 0 Å². The quantitative estimate of drug-likeness (QED) is 0.620. The van der Waals surface area contributed by atoms with Gasteiger partial charge in [0.25, 0.3) is 0 Å². The highest BCUT2D eigenvalue weighted by atomic mass is 35.5. The summed E-state index contributed by atoms with van der Waals surface area (Å²) in [5.74, 6) is -4.05. The molecule has 0 saturated heterocycles. The summed E-state index contributed by atoms with van der Waals surface area (Å²) in [6.45, 7) is 0. The van der Waals surface area contributed by atoms with Gasteiger partial charge >= 0.3 is 5.97 Å². The van der Waals surface area contributed by atoms with E-state index in [1.54, 1.807) is 12.1 Å². The molecule has 0 bridgehead atoms. The highest BCUT2D eigenvalue weighted by Gasteiger charge is 2.37. The summed E-state index contributed by atoms with van der Waals surface area (Å²) in [4.78, 5) is 36.0. The number of phenols is 2. The second-order valence-corrected chi connectivity index (χ2v) is 5.39. The third-order valence-corrected chi connectivity index (χ3v) is 4.09. The average Bonchev–Trinajstić information content (AvgIpc) is 2.52. The van der Waals surface area contributed by atoms with Crippen molar-refractivity contribution < 1.29 is 29.7 Å². The zero-order chi connectivity index (χ0) is 16.9. The molecule has 2 aromatic carbocycles. The van der Waals surface area contributed by atoms with Gasteiger partial charge in [-0.1, -0.05) is 35.9 Å². The summed E-state index contributed by atoms with van der Waals surface area (Å²) in [6, 6.07) is 5.96. The first-order valence-electron chi connectivity index (χ1n) is 6.51. The van der Waals surface area contributed by atoms with Crippen LogP contribution in [0.25, 0.3) is 0 Å². The SMILES string of the molecule is O=C(O)Cc1c(O)c2c(c(O)c1Cl)C(=O)c1ccccc1C2=O. The molecule has 0 fully saturated rings. The number of carbonyl (C=O) groups excluding carboxylic acids is 2. The molecule has 3 rings (SSSR count). The van der Waals surface area contributed by atoms with E-state index in [9.17, 15) is 24.6 Å². The molecule has 0 radical (unpaired) electrons. The van der Waals surface area contributed by atoms with Crippen molar-refractivity contribution in [2.24, 2.45) is 0 Å². The number of ketones is 2. The van der Waals surface area contributed by atoms with Crippen LogP contribution in [0.2, 0.25) is 5.02 Å². The lowest BCUT2D eigenvalue weighted by Crippen LogP contribution is -2.22. The van der Waals surface area contributed by atoms with Crippen molar-refractivity contribution in [2.45, 2.75) is 6.42 Å². The van der Waals surface area contributed by atoms with Crippen molar-refractivity contribution in [3.05, 3.63) is 57.1 Å². The Labute approximate surface area is 134 Å². The maximum atomic E-state index is 12.6. The van der Waals surface area contributed by atoms with E-state index in [1.807, 2.05) is 0 Å². The normalized spacial score (nSPS) is 12.7. The lowest BCUT2D eigenvalue weighted by Gasteiger charge is -2.21. The van der Waals surface area contributed by atoms with Crippen LogP contribution >= 0.6 is 11.6 Å². The van der Waals surface area contributed by atoms with Gasteiger partial charge in [0.15, 0.2) is 11.6 Å². The van der Waals surface area contributed by atoms with Gasteiger partial charge in [0, 0.05) is 16.7 Å². The molecular weight excluding hydrogens is 324 g/mol. The zero-order valence-corrected chi connectivity index (χ0v) is 12.2. The number of hydrogen-bond donors (Lipinski definition) is 3. The number of aromatic hydroxyl groups is 2. The fourth-order valence-electron chi connectivity index (χ4n) is 2.65. The Morgan fingerprint density at radius 3 is 1.91 bits per heavy atom. The van der Waals surface area contributed by atoms with Crippen molar-refractivity contribution in [1.82, 2.24) is 0 Å². The van der Waals surface area contributed by atoms with Crippen molar-refractivity contribution in [3.63, 3.8) is 0 Å². The molecule has 2 aromatic rings. The number of phenolic OH excluding ortho intramolecular Hbond substituents is 2. The van der Waals surface area contributed by atoms with Gasteiger partial charge in [-0.2, -0.15) is 0 Å². The molecule has 0 saturated carbocycles. The molecule has 116 valence electrons. The van der Waals surface area contributed by atoms with Gasteiger partial charge in [-0.05, 0) is 0 Å². The maximum absolute atomic E-state index is 12.6. The topological polar surface area (TPSA) is 112 Å². The van der Waals surface area contributed by atoms with E-state index in [0.717, 1.165) is 0 Å². The first-order valence-corrected chi connectivity index (χ1v) is 6.88. The molecule has 0 heterocycles. The van der Waals surface area contributed by atoms with E-state index in [4.69, 9.17) is 16.7 Å². The van der Waals surface area contributed by atoms with Crippen molar-refractivity contribution in [2.75, 3.05) is 0 Å². The minimum Gasteiger partial charge on any atom is -0.507 e. The third kappa shape index (κ3) is 2.07. The number of fused-ring (bicyclic) bond motifs is 2. The molecule has 3 N–H and O–H groups in total. The smallest absolute Gasteiger partial charge is 0.308 e. The minimum atomic E-state index is -1.31. The van der Waals surface area contributed by atoms with Gasteiger partial charge in [-0.3, -0.25) is 14.4 Å². The molecular formula is C16H9ClO6. The largest absolute Gasteiger partial charge is 0.507 e. The van der Waals surface area contributed by atoms with E-state index in [0.29, 0.717) is 0 Å². The lowest BCUT2D eigenvalue weighted by molar-refractivity contribution is -0.136. The summed E-state index contributed by atoms with van der Waals surface area (Å²) in [5, 5.41) is 28.9. The fourth-order valence-corrected chi connectivity index (χ4v) is 2.90. The third-order valence-electron chi connectivity index (χ3n) is 3.68. The number of hydrogen-bond acceptors (Lipinski definition) is 5. The number of carbonyl (C=O) groups is 3. The summed E-state index contributed by atoms with van der Waals surface area (Å²) in [5.41, 5.74) is -0.988. The van der Waals surface area contributed by atoms with Crippen molar-refractivity contribution in [3.8, 4) is 11.5 Å². The predicted octanol–water partition coefficient (Wildman–Crippen LogP) is 2.15. The van der Waals surface area contributed by atoms with Crippen LogP contribution in [-0.4, -0.2) is 32.9 Å².